The predicted molar refractivity (Wildman–Crippen MR) is 72.2 cm³/mol. The minimum atomic E-state index is -0.248. The summed E-state index contributed by atoms with van der Waals surface area (Å²) >= 11 is 0. The molecule has 0 bridgehead atoms. The van der Waals surface area contributed by atoms with Gasteiger partial charge in [0, 0.05) is 25.6 Å². The fourth-order valence-electron chi connectivity index (χ4n) is 1.71. The molecule has 4 N–H and O–H groups in total. The van der Waals surface area contributed by atoms with Crippen LogP contribution in [0.2, 0.25) is 0 Å². The maximum absolute atomic E-state index is 11.5. The third kappa shape index (κ3) is 6.00. The third-order valence-electron chi connectivity index (χ3n) is 2.69. The van der Waals surface area contributed by atoms with Gasteiger partial charge in [-0.05, 0) is 30.5 Å². The molecule has 0 aliphatic carbocycles. The van der Waals surface area contributed by atoms with Gasteiger partial charge in [-0.3, -0.25) is 4.79 Å². The smallest absolute Gasteiger partial charge is 0.221 e. The molecule has 0 spiro atoms. The molecule has 1 aromatic carbocycles. The lowest BCUT2D eigenvalue weighted by molar-refractivity contribution is -0.121. The fourth-order valence-corrected chi connectivity index (χ4v) is 1.71. The lowest BCUT2D eigenvalue weighted by Gasteiger charge is -2.11. The van der Waals surface area contributed by atoms with Gasteiger partial charge in [-0.1, -0.05) is 12.1 Å². The Hall–Kier alpha value is -1.90. The fraction of sp³-hybridized carbons (Fsp3) is 0.429. The summed E-state index contributed by atoms with van der Waals surface area (Å²) in [7, 11) is 0. The first-order chi connectivity index (χ1) is 9.15. The third-order valence-corrected chi connectivity index (χ3v) is 2.69. The quantitative estimate of drug-likeness (QED) is 0.615. The molecule has 1 rings (SSSR count). The van der Waals surface area contributed by atoms with E-state index in [4.69, 9.17) is 16.1 Å². The standard InChI is InChI=1S/C14H19N3O2/c15-10-12-4-2-11(3-5-12)8-13(16)9-14(19)17-6-1-7-18/h2-5,13,18H,1,6-9,16H2,(H,17,19). The second-order valence-corrected chi connectivity index (χ2v) is 4.40. The van der Waals surface area contributed by atoms with Crippen molar-refractivity contribution in [3.05, 3.63) is 35.4 Å². The van der Waals surface area contributed by atoms with Crippen LogP contribution in [-0.2, 0) is 11.2 Å². The highest BCUT2D eigenvalue weighted by molar-refractivity contribution is 5.76. The number of hydrogen-bond donors (Lipinski definition) is 3. The molecule has 1 amide bonds. The minimum absolute atomic E-state index is 0.0670. The van der Waals surface area contributed by atoms with Gasteiger partial charge < -0.3 is 16.2 Å². The van der Waals surface area contributed by atoms with Crippen molar-refractivity contribution in [1.29, 1.82) is 5.26 Å². The van der Waals surface area contributed by atoms with E-state index in [1.807, 2.05) is 12.1 Å². The minimum Gasteiger partial charge on any atom is -0.396 e. The zero-order valence-electron chi connectivity index (χ0n) is 10.8. The number of carbonyl (C=O) groups excluding carboxylic acids is 1. The molecule has 0 radical (unpaired) electrons. The van der Waals surface area contributed by atoms with Crippen molar-refractivity contribution < 1.29 is 9.90 Å². The molecule has 1 unspecified atom stereocenters. The average Bonchev–Trinajstić information content (AvgIpc) is 2.39. The number of hydrogen-bond acceptors (Lipinski definition) is 4. The van der Waals surface area contributed by atoms with Gasteiger partial charge in [0.1, 0.15) is 0 Å². The van der Waals surface area contributed by atoms with Gasteiger partial charge in [-0.2, -0.15) is 5.26 Å². The van der Waals surface area contributed by atoms with Gasteiger partial charge in [0.25, 0.3) is 0 Å². The van der Waals surface area contributed by atoms with Crippen LogP contribution in [0, 0.1) is 11.3 Å². The summed E-state index contributed by atoms with van der Waals surface area (Å²) in [5.74, 6) is -0.102. The van der Waals surface area contributed by atoms with E-state index in [1.54, 1.807) is 12.1 Å². The summed E-state index contributed by atoms with van der Waals surface area (Å²) in [4.78, 5) is 11.5. The van der Waals surface area contributed by atoms with Crippen molar-refractivity contribution >= 4 is 5.91 Å². The molecular weight excluding hydrogens is 242 g/mol. The van der Waals surface area contributed by atoms with E-state index in [9.17, 15) is 4.79 Å². The molecule has 0 saturated carbocycles. The first kappa shape index (κ1) is 15.2. The van der Waals surface area contributed by atoms with E-state index in [-0.39, 0.29) is 25.0 Å². The van der Waals surface area contributed by atoms with Crippen LogP contribution in [0.3, 0.4) is 0 Å². The normalized spacial score (nSPS) is 11.6. The van der Waals surface area contributed by atoms with E-state index < -0.39 is 0 Å². The predicted octanol–water partition coefficient (Wildman–Crippen LogP) is 0.317. The maximum Gasteiger partial charge on any atom is 0.221 e. The van der Waals surface area contributed by atoms with Crippen LogP contribution in [0.1, 0.15) is 24.0 Å². The molecular formula is C14H19N3O2. The van der Waals surface area contributed by atoms with Gasteiger partial charge in [-0.15, -0.1) is 0 Å². The largest absolute Gasteiger partial charge is 0.396 e. The second-order valence-electron chi connectivity index (χ2n) is 4.40. The van der Waals surface area contributed by atoms with Crippen LogP contribution in [0.4, 0.5) is 0 Å². The Bertz CT molecular complexity index is 437. The molecule has 0 heterocycles. The van der Waals surface area contributed by atoms with Crippen LogP contribution in [0.5, 0.6) is 0 Å². The summed E-state index contributed by atoms with van der Waals surface area (Å²) in [5.41, 5.74) is 7.53. The number of nitrogens with two attached hydrogens (primary N) is 1. The lowest BCUT2D eigenvalue weighted by atomic mass is 10.0. The number of nitrogens with zero attached hydrogens (tertiary/aromatic N) is 1. The van der Waals surface area contributed by atoms with Crippen LogP contribution >= 0.6 is 0 Å². The molecule has 0 aliphatic heterocycles. The topological polar surface area (TPSA) is 99.1 Å². The molecule has 1 aromatic rings. The summed E-state index contributed by atoms with van der Waals surface area (Å²) in [6.45, 7) is 0.538. The molecule has 5 heteroatoms. The number of aliphatic hydroxyl groups is 1. The number of benzene rings is 1. The highest BCUT2D eigenvalue weighted by atomic mass is 16.3. The number of nitriles is 1. The Morgan fingerprint density at radius 3 is 2.68 bits per heavy atom. The Morgan fingerprint density at radius 2 is 2.11 bits per heavy atom. The lowest BCUT2D eigenvalue weighted by Crippen LogP contribution is -2.33. The summed E-state index contributed by atoms with van der Waals surface area (Å²) in [6, 6.07) is 8.98. The van der Waals surface area contributed by atoms with Crippen molar-refractivity contribution in [2.45, 2.75) is 25.3 Å². The Morgan fingerprint density at radius 1 is 1.42 bits per heavy atom. The van der Waals surface area contributed by atoms with Crippen molar-refractivity contribution in [2.75, 3.05) is 13.2 Å². The zero-order chi connectivity index (χ0) is 14.1. The SMILES string of the molecule is N#Cc1ccc(CC(N)CC(=O)NCCCO)cc1. The number of carbonyl (C=O) groups is 1. The molecule has 0 fully saturated rings. The molecule has 19 heavy (non-hydrogen) atoms. The van der Waals surface area contributed by atoms with Gasteiger partial charge in [0.15, 0.2) is 0 Å². The van der Waals surface area contributed by atoms with Crippen molar-refractivity contribution in [3.8, 4) is 6.07 Å². The van der Waals surface area contributed by atoms with Gasteiger partial charge in [0.05, 0.1) is 11.6 Å². The van der Waals surface area contributed by atoms with E-state index in [0.29, 0.717) is 24.9 Å². The Balaban J connectivity index is 2.35. The monoisotopic (exact) mass is 261 g/mol. The van der Waals surface area contributed by atoms with Gasteiger partial charge in [-0.25, -0.2) is 0 Å². The second kappa shape index (κ2) is 8.25. The summed E-state index contributed by atoms with van der Waals surface area (Å²) in [5, 5.41) is 20.0. The first-order valence-electron chi connectivity index (χ1n) is 6.28. The van der Waals surface area contributed by atoms with Crippen LogP contribution in [0.15, 0.2) is 24.3 Å². The van der Waals surface area contributed by atoms with Crippen molar-refractivity contribution in [1.82, 2.24) is 5.32 Å². The Kier molecular flexibility index (Phi) is 6.58. The molecule has 1 atom stereocenters. The van der Waals surface area contributed by atoms with Gasteiger partial charge >= 0.3 is 0 Å². The maximum atomic E-state index is 11.5. The van der Waals surface area contributed by atoms with E-state index >= 15 is 0 Å². The number of amides is 1. The average molecular weight is 261 g/mol. The zero-order valence-corrected chi connectivity index (χ0v) is 10.8. The molecule has 0 aliphatic rings. The highest BCUT2D eigenvalue weighted by Crippen LogP contribution is 2.07. The molecule has 5 nitrogen and oxygen atoms in total. The summed E-state index contributed by atoms with van der Waals surface area (Å²) in [6.07, 6.45) is 1.40. The molecule has 0 aromatic heterocycles. The van der Waals surface area contributed by atoms with E-state index in [2.05, 4.69) is 11.4 Å². The van der Waals surface area contributed by atoms with Gasteiger partial charge in [0.2, 0.25) is 5.91 Å². The first-order valence-corrected chi connectivity index (χ1v) is 6.28. The molecule has 0 saturated heterocycles. The van der Waals surface area contributed by atoms with Crippen LogP contribution in [-0.4, -0.2) is 30.2 Å². The Labute approximate surface area is 113 Å². The van der Waals surface area contributed by atoms with Crippen LogP contribution in [0.25, 0.3) is 0 Å². The number of rotatable bonds is 7. The van der Waals surface area contributed by atoms with Crippen LogP contribution < -0.4 is 11.1 Å². The number of aliphatic hydroxyl groups excluding tert-OH is 1. The van der Waals surface area contributed by atoms with E-state index in [1.165, 1.54) is 0 Å². The molecule has 102 valence electrons. The van der Waals surface area contributed by atoms with Crippen molar-refractivity contribution in [2.24, 2.45) is 5.73 Å². The summed E-state index contributed by atoms with van der Waals surface area (Å²) < 4.78 is 0. The van der Waals surface area contributed by atoms with Crippen molar-refractivity contribution in [3.63, 3.8) is 0 Å². The number of nitrogens with one attached hydrogen (secondary N) is 1. The van der Waals surface area contributed by atoms with E-state index in [0.717, 1.165) is 5.56 Å². The highest BCUT2D eigenvalue weighted by Gasteiger charge is 2.09.